The molecule has 1 fully saturated rings. The Hall–Kier alpha value is -1.22. The second-order valence-electron chi connectivity index (χ2n) is 4.73. The third-order valence-corrected chi connectivity index (χ3v) is 3.64. The molecule has 0 aromatic rings. The number of nitrogens with one attached hydrogen (secondary N) is 2. The highest BCUT2D eigenvalue weighted by Gasteiger charge is 2.16. The minimum absolute atomic E-state index is 0.157. The maximum atomic E-state index is 11.9. The molecular weight excluding hydrogens is 296 g/mol. The molecule has 2 N–H and O–H groups in total. The fourth-order valence-electron chi connectivity index (χ4n) is 2.30. The maximum Gasteiger partial charge on any atom is 0.319 e. The Labute approximate surface area is 140 Å². The molecule has 2 aliphatic carbocycles. The zero-order valence-corrected chi connectivity index (χ0v) is 15.2. The fourth-order valence-corrected chi connectivity index (χ4v) is 2.50. The van der Waals surface area contributed by atoms with Crippen molar-refractivity contribution in [3.8, 4) is 0 Å². The number of halogens is 1. The smallest absolute Gasteiger partial charge is 0.319 e. The van der Waals surface area contributed by atoms with Crippen molar-refractivity contribution in [2.75, 3.05) is 0 Å². The predicted octanol–water partition coefficient (Wildman–Crippen LogP) is 5.64. The van der Waals surface area contributed by atoms with Gasteiger partial charge in [0, 0.05) is 6.04 Å². The Kier molecular flexibility index (Phi) is 12.7. The summed E-state index contributed by atoms with van der Waals surface area (Å²) in [6.07, 6.45) is 14.3. The Morgan fingerprint density at radius 1 is 1.14 bits per heavy atom. The van der Waals surface area contributed by atoms with Gasteiger partial charge in [-0.05, 0) is 25.3 Å². The number of hydrogen-bond donors (Lipinski definition) is 2. The van der Waals surface area contributed by atoms with Crippen LogP contribution < -0.4 is 10.6 Å². The van der Waals surface area contributed by atoms with Gasteiger partial charge in [-0.1, -0.05) is 76.8 Å². The molecule has 0 atom stereocenters. The normalized spacial score (nSPS) is 17.5. The predicted molar refractivity (Wildman–Crippen MR) is 97.0 cm³/mol. The zero-order chi connectivity index (χ0) is 16.8. The van der Waals surface area contributed by atoms with Crippen molar-refractivity contribution < 1.29 is 4.79 Å². The van der Waals surface area contributed by atoms with Crippen molar-refractivity contribution in [1.82, 2.24) is 10.6 Å². The van der Waals surface area contributed by atoms with Crippen LogP contribution in [0.2, 0.25) is 0 Å². The van der Waals surface area contributed by atoms with Crippen molar-refractivity contribution in [3.05, 3.63) is 35.0 Å². The van der Waals surface area contributed by atoms with Gasteiger partial charge in [0.1, 0.15) is 0 Å². The first kappa shape index (κ1) is 20.8. The summed E-state index contributed by atoms with van der Waals surface area (Å²) in [4.78, 5) is 11.9. The number of carbonyl (C=O) groups excluding carboxylic acids is 1. The first-order valence-corrected chi connectivity index (χ1v) is 8.94. The van der Waals surface area contributed by atoms with E-state index in [-0.39, 0.29) is 6.03 Å². The van der Waals surface area contributed by atoms with Crippen LogP contribution in [0.1, 0.15) is 66.2 Å². The molecule has 2 rings (SSSR count). The standard InChI is InChI=1S/C14H19ClN2O.2C2H6/c15-12-9-5-2-6-10-13(12)17-14(18)16-11-7-3-1-4-8-11;2*1-2/h2,6,9-11H,1,3-5,7-8H2,(H2,16,17,18);2*1-2H3. The van der Waals surface area contributed by atoms with Gasteiger partial charge in [-0.3, -0.25) is 0 Å². The second kappa shape index (κ2) is 13.4. The molecule has 4 heteroatoms. The number of amides is 2. The van der Waals surface area contributed by atoms with E-state index in [2.05, 4.69) is 10.6 Å². The van der Waals surface area contributed by atoms with Gasteiger partial charge in [-0.2, -0.15) is 0 Å². The molecule has 1 saturated carbocycles. The first-order chi connectivity index (χ1) is 10.8. The Morgan fingerprint density at radius 2 is 1.77 bits per heavy atom. The summed E-state index contributed by atoms with van der Waals surface area (Å²) in [5, 5.41) is 6.42. The highest BCUT2D eigenvalue weighted by atomic mass is 35.5. The lowest BCUT2D eigenvalue weighted by Gasteiger charge is -2.23. The molecule has 0 unspecified atom stereocenters. The van der Waals surface area contributed by atoms with E-state index in [1.54, 1.807) is 0 Å². The van der Waals surface area contributed by atoms with Gasteiger partial charge in [-0.15, -0.1) is 0 Å². The van der Waals surface area contributed by atoms with Crippen molar-refractivity contribution in [2.45, 2.75) is 72.3 Å². The van der Waals surface area contributed by atoms with Crippen LogP contribution in [0.5, 0.6) is 0 Å². The van der Waals surface area contributed by atoms with E-state index in [4.69, 9.17) is 11.6 Å². The van der Waals surface area contributed by atoms with Crippen molar-refractivity contribution >= 4 is 17.6 Å². The van der Waals surface area contributed by atoms with E-state index in [1.165, 1.54) is 19.3 Å². The number of urea groups is 1. The van der Waals surface area contributed by atoms with E-state index in [0.717, 1.165) is 19.3 Å². The summed E-state index contributed by atoms with van der Waals surface area (Å²) < 4.78 is 0. The van der Waals surface area contributed by atoms with Gasteiger partial charge >= 0.3 is 6.03 Å². The molecule has 0 heterocycles. The average molecular weight is 327 g/mol. The van der Waals surface area contributed by atoms with Gasteiger partial charge in [0.25, 0.3) is 0 Å². The van der Waals surface area contributed by atoms with E-state index >= 15 is 0 Å². The molecule has 0 aromatic heterocycles. The summed E-state index contributed by atoms with van der Waals surface area (Å²) in [6.45, 7) is 8.00. The van der Waals surface area contributed by atoms with E-state index in [0.29, 0.717) is 16.8 Å². The molecule has 0 aliphatic heterocycles. The largest absolute Gasteiger partial charge is 0.335 e. The van der Waals surface area contributed by atoms with Crippen LogP contribution in [0.3, 0.4) is 0 Å². The van der Waals surface area contributed by atoms with E-state index in [9.17, 15) is 4.79 Å². The van der Waals surface area contributed by atoms with Gasteiger partial charge < -0.3 is 10.6 Å². The Bertz CT molecular complexity index is 394. The molecule has 126 valence electrons. The second-order valence-corrected chi connectivity index (χ2v) is 5.14. The molecular formula is C18H31ClN2O. The number of carbonyl (C=O) groups is 1. The quantitative estimate of drug-likeness (QED) is 0.677. The SMILES string of the molecule is CC.CC.O=C(NC1=CC=CCC=C1Cl)NC1CCCCC1. The molecule has 2 amide bonds. The monoisotopic (exact) mass is 326 g/mol. The topological polar surface area (TPSA) is 41.1 Å². The summed E-state index contributed by atoms with van der Waals surface area (Å²) in [7, 11) is 0. The summed E-state index contributed by atoms with van der Waals surface area (Å²) in [6, 6.07) is 0.151. The van der Waals surface area contributed by atoms with Gasteiger partial charge in [-0.25, -0.2) is 4.79 Å². The van der Waals surface area contributed by atoms with Crippen LogP contribution in [-0.2, 0) is 0 Å². The lowest BCUT2D eigenvalue weighted by atomic mass is 9.96. The van der Waals surface area contributed by atoms with E-state index < -0.39 is 0 Å². The molecule has 22 heavy (non-hydrogen) atoms. The third kappa shape index (κ3) is 8.28. The summed E-state index contributed by atoms with van der Waals surface area (Å²) in [5.41, 5.74) is 0.665. The molecule has 0 spiro atoms. The molecule has 2 aliphatic rings. The van der Waals surface area contributed by atoms with E-state index in [1.807, 2.05) is 52.0 Å². The van der Waals surface area contributed by atoms with Crippen molar-refractivity contribution in [1.29, 1.82) is 0 Å². The number of rotatable bonds is 2. The van der Waals surface area contributed by atoms with Crippen LogP contribution in [0.25, 0.3) is 0 Å². The van der Waals surface area contributed by atoms with Crippen LogP contribution in [0.15, 0.2) is 35.0 Å². The maximum absolute atomic E-state index is 11.9. The molecule has 0 radical (unpaired) electrons. The lowest BCUT2D eigenvalue weighted by molar-refractivity contribution is 0.235. The third-order valence-electron chi connectivity index (χ3n) is 3.28. The van der Waals surface area contributed by atoms with Crippen LogP contribution in [-0.4, -0.2) is 12.1 Å². The van der Waals surface area contributed by atoms with Crippen molar-refractivity contribution in [2.24, 2.45) is 0 Å². The number of hydrogen-bond acceptors (Lipinski definition) is 1. The average Bonchev–Trinajstić information content (AvgIpc) is 2.77. The van der Waals surface area contributed by atoms with Crippen LogP contribution >= 0.6 is 11.6 Å². The molecule has 3 nitrogen and oxygen atoms in total. The Morgan fingerprint density at radius 3 is 2.41 bits per heavy atom. The van der Waals surface area contributed by atoms with Gasteiger partial charge in [0.05, 0.1) is 10.7 Å². The Balaban J connectivity index is 0.00000102. The van der Waals surface area contributed by atoms with Crippen LogP contribution in [0, 0.1) is 0 Å². The highest BCUT2D eigenvalue weighted by Crippen LogP contribution is 2.18. The van der Waals surface area contributed by atoms with Crippen molar-refractivity contribution in [3.63, 3.8) is 0 Å². The summed E-state index contributed by atoms with van der Waals surface area (Å²) >= 11 is 6.08. The molecule has 0 saturated heterocycles. The number of allylic oxidation sites excluding steroid dienone is 5. The van der Waals surface area contributed by atoms with Crippen LogP contribution in [0.4, 0.5) is 4.79 Å². The minimum Gasteiger partial charge on any atom is -0.335 e. The summed E-state index contributed by atoms with van der Waals surface area (Å²) in [5.74, 6) is 0. The highest BCUT2D eigenvalue weighted by molar-refractivity contribution is 6.32. The van der Waals surface area contributed by atoms with Gasteiger partial charge in [0.15, 0.2) is 0 Å². The minimum atomic E-state index is -0.157. The molecule has 0 aromatic carbocycles. The fraction of sp³-hybridized carbons (Fsp3) is 0.611. The first-order valence-electron chi connectivity index (χ1n) is 8.56. The molecule has 0 bridgehead atoms. The lowest BCUT2D eigenvalue weighted by Crippen LogP contribution is -2.42. The van der Waals surface area contributed by atoms with Gasteiger partial charge in [0.2, 0.25) is 0 Å². The zero-order valence-electron chi connectivity index (χ0n) is 14.4.